The summed E-state index contributed by atoms with van der Waals surface area (Å²) in [4.78, 5) is 24.9. The first-order valence-electron chi connectivity index (χ1n) is 9.00. The molecule has 2 aliphatic heterocycles. The van der Waals surface area contributed by atoms with E-state index in [1.807, 2.05) is 6.07 Å². The van der Waals surface area contributed by atoms with Crippen LogP contribution < -0.4 is 20.1 Å². The minimum Gasteiger partial charge on any atom is -0.486 e. The summed E-state index contributed by atoms with van der Waals surface area (Å²) in [5, 5.41) is 24.0. The molecule has 2 aliphatic rings. The molecular weight excluding hydrogens is 392 g/mol. The van der Waals surface area contributed by atoms with E-state index < -0.39 is 22.5 Å². The molecule has 0 saturated carbocycles. The van der Waals surface area contributed by atoms with Crippen molar-refractivity contribution in [3.63, 3.8) is 0 Å². The number of allylic oxidation sites excluding steroid dienone is 1. The van der Waals surface area contributed by atoms with Crippen LogP contribution in [0.5, 0.6) is 11.5 Å². The van der Waals surface area contributed by atoms with Crippen molar-refractivity contribution in [2.75, 3.05) is 18.5 Å². The Morgan fingerprint density at radius 1 is 1.31 bits per heavy atom. The Hall–Kier alpha value is -3.17. The molecule has 2 N–H and O–H groups in total. The van der Waals surface area contributed by atoms with Crippen LogP contribution in [-0.2, 0) is 9.59 Å². The average Bonchev–Trinajstić information content (AvgIpc) is 2.67. The highest BCUT2D eigenvalue weighted by molar-refractivity contribution is 8.04. The molecule has 1 aromatic carbocycles. The van der Waals surface area contributed by atoms with Gasteiger partial charge >= 0.3 is 0 Å². The topological polar surface area (TPSA) is 124 Å². The number of rotatable bonds is 4. The number of anilines is 1. The molecule has 2 atom stereocenters. The number of nitrogens with zero attached hydrogens (tertiary/aromatic N) is 2. The lowest BCUT2D eigenvalue weighted by Crippen LogP contribution is -2.45. The van der Waals surface area contributed by atoms with Gasteiger partial charge < -0.3 is 20.1 Å². The smallest absolute Gasteiger partial charge is 0.243 e. The van der Waals surface area contributed by atoms with Crippen molar-refractivity contribution in [2.45, 2.75) is 26.0 Å². The molecule has 0 fully saturated rings. The average molecular weight is 412 g/mol. The third-order valence-corrected chi connectivity index (χ3v) is 5.92. The summed E-state index contributed by atoms with van der Waals surface area (Å²) < 4.78 is 11.0. The molecule has 0 bridgehead atoms. The van der Waals surface area contributed by atoms with Crippen LogP contribution in [-0.4, -0.2) is 30.3 Å². The van der Waals surface area contributed by atoms with Gasteiger partial charge in [0.25, 0.3) is 0 Å². The molecule has 0 spiro atoms. The van der Waals surface area contributed by atoms with Crippen molar-refractivity contribution in [3.8, 4) is 23.6 Å². The Morgan fingerprint density at radius 3 is 2.66 bits per heavy atom. The van der Waals surface area contributed by atoms with Gasteiger partial charge in [0.1, 0.15) is 19.1 Å². The molecule has 0 aromatic heterocycles. The van der Waals surface area contributed by atoms with Crippen LogP contribution in [0.3, 0.4) is 0 Å². The van der Waals surface area contributed by atoms with E-state index in [2.05, 4.69) is 16.7 Å². The van der Waals surface area contributed by atoms with Gasteiger partial charge in [-0.05, 0) is 19.1 Å². The van der Waals surface area contributed by atoms with E-state index in [1.165, 1.54) is 0 Å². The van der Waals surface area contributed by atoms with Gasteiger partial charge in [-0.1, -0.05) is 25.6 Å². The molecule has 29 heavy (non-hydrogen) atoms. The maximum Gasteiger partial charge on any atom is 0.243 e. The van der Waals surface area contributed by atoms with Crippen LogP contribution >= 0.6 is 11.8 Å². The monoisotopic (exact) mass is 412 g/mol. The predicted molar refractivity (Wildman–Crippen MR) is 107 cm³/mol. The number of benzene rings is 1. The first-order valence-corrected chi connectivity index (χ1v) is 9.88. The van der Waals surface area contributed by atoms with Gasteiger partial charge in [0.15, 0.2) is 11.5 Å². The first kappa shape index (κ1) is 20.6. The molecule has 0 saturated heterocycles. The van der Waals surface area contributed by atoms with Gasteiger partial charge in [-0.25, -0.2) is 0 Å². The fourth-order valence-electron chi connectivity index (χ4n) is 3.11. The third-order valence-electron chi connectivity index (χ3n) is 4.81. The zero-order chi connectivity index (χ0) is 21.2. The highest BCUT2D eigenvalue weighted by Crippen LogP contribution is 2.42. The van der Waals surface area contributed by atoms with E-state index in [0.29, 0.717) is 35.4 Å². The summed E-state index contributed by atoms with van der Waals surface area (Å²) in [5.74, 6) is -0.555. The van der Waals surface area contributed by atoms with Crippen LogP contribution in [0, 0.1) is 34.0 Å². The minimum absolute atomic E-state index is 0.285. The van der Waals surface area contributed by atoms with Gasteiger partial charge in [0.05, 0.1) is 28.0 Å². The van der Waals surface area contributed by atoms with Crippen molar-refractivity contribution in [2.24, 2.45) is 11.3 Å². The van der Waals surface area contributed by atoms with Crippen LogP contribution in [0.1, 0.15) is 20.8 Å². The lowest BCUT2D eigenvalue weighted by atomic mass is 9.72. The van der Waals surface area contributed by atoms with Gasteiger partial charge in [-0.2, -0.15) is 10.5 Å². The Kier molecular flexibility index (Phi) is 5.71. The number of hydrogen-bond acceptors (Lipinski definition) is 7. The van der Waals surface area contributed by atoms with E-state index in [4.69, 9.17) is 9.47 Å². The van der Waals surface area contributed by atoms with Crippen LogP contribution in [0.4, 0.5) is 5.69 Å². The predicted octanol–water partition coefficient (Wildman–Crippen LogP) is 2.55. The first-order chi connectivity index (χ1) is 13.8. The number of ether oxygens (including phenoxy) is 2. The highest BCUT2D eigenvalue weighted by Gasteiger charge is 2.45. The molecule has 2 heterocycles. The van der Waals surface area contributed by atoms with Crippen LogP contribution in [0.25, 0.3) is 0 Å². The minimum atomic E-state index is -0.969. The molecule has 0 aliphatic carbocycles. The summed E-state index contributed by atoms with van der Waals surface area (Å²) >= 11 is 1.08. The van der Waals surface area contributed by atoms with Crippen molar-refractivity contribution in [3.05, 3.63) is 28.8 Å². The second kappa shape index (κ2) is 8.06. The summed E-state index contributed by atoms with van der Waals surface area (Å²) in [6.45, 7) is 5.96. The summed E-state index contributed by atoms with van der Waals surface area (Å²) in [5.41, 5.74) is -0.105. The van der Waals surface area contributed by atoms with E-state index in [0.717, 1.165) is 11.8 Å². The van der Waals surface area contributed by atoms with Crippen molar-refractivity contribution < 1.29 is 19.1 Å². The van der Waals surface area contributed by atoms with Crippen LogP contribution in [0.15, 0.2) is 28.8 Å². The maximum absolute atomic E-state index is 12.6. The molecule has 1 aromatic rings. The number of fused-ring (bicyclic) bond motifs is 1. The molecule has 9 heteroatoms. The lowest BCUT2D eigenvalue weighted by Gasteiger charge is -2.35. The highest BCUT2D eigenvalue weighted by atomic mass is 32.2. The number of amides is 2. The third kappa shape index (κ3) is 4.01. The Morgan fingerprint density at radius 2 is 2.00 bits per heavy atom. The van der Waals surface area contributed by atoms with E-state index in [-0.39, 0.29) is 11.5 Å². The van der Waals surface area contributed by atoms with Gasteiger partial charge in [-0.3, -0.25) is 9.59 Å². The summed E-state index contributed by atoms with van der Waals surface area (Å²) in [7, 11) is 0. The van der Waals surface area contributed by atoms with Crippen molar-refractivity contribution in [1.82, 2.24) is 5.32 Å². The standard InChI is InChI=1S/C20H20N4O4S/c1-11(17(25)23-12-4-5-15-16(8-12)28-7-6-27-15)29-19-14(10-22)20(2,3)13(9-21)18(26)24-19/h4-5,8,11,13H,6-7H2,1-3H3,(H,23,25)(H,24,26)/t11-,13+/m0/s1. The maximum atomic E-state index is 12.6. The molecule has 150 valence electrons. The quantitative estimate of drug-likeness (QED) is 0.779. The number of hydrogen-bond donors (Lipinski definition) is 2. The molecule has 2 amide bonds. The molecular formula is C20H20N4O4S. The van der Waals surface area contributed by atoms with Gasteiger partial charge in [0, 0.05) is 17.2 Å². The largest absolute Gasteiger partial charge is 0.486 e. The zero-order valence-electron chi connectivity index (χ0n) is 16.2. The normalized spacial score (nSPS) is 20.7. The van der Waals surface area contributed by atoms with Crippen molar-refractivity contribution >= 4 is 29.3 Å². The molecule has 0 unspecified atom stereocenters. The summed E-state index contributed by atoms with van der Waals surface area (Å²) in [6, 6.07) is 9.17. The number of thioether (sulfide) groups is 1. The van der Waals surface area contributed by atoms with E-state index in [1.54, 1.807) is 39.0 Å². The number of carbonyl (C=O) groups excluding carboxylic acids is 2. The molecule has 8 nitrogen and oxygen atoms in total. The molecule has 3 rings (SSSR count). The SMILES string of the molecule is C[C@H](SC1=C(C#N)C(C)(C)[C@H](C#N)C(=O)N1)C(=O)Nc1ccc2c(c1)OCCO2. The van der Waals surface area contributed by atoms with Gasteiger partial charge in [-0.15, -0.1) is 0 Å². The Bertz CT molecular complexity index is 974. The summed E-state index contributed by atoms with van der Waals surface area (Å²) in [6.07, 6.45) is 0. The number of nitriles is 2. The number of nitrogens with one attached hydrogen (secondary N) is 2. The lowest BCUT2D eigenvalue weighted by molar-refractivity contribution is -0.125. The number of carbonyl (C=O) groups is 2. The zero-order valence-corrected chi connectivity index (χ0v) is 17.1. The van der Waals surface area contributed by atoms with Crippen LogP contribution in [0.2, 0.25) is 0 Å². The van der Waals surface area contributed by atoms with E-state index >= 15 is 0 Å². The molecule has 0 radical (unpaired) electrons. The van der Waals surface area contributed by atoms with E-state index in [9.17, 15) is 20.1 Å². The Labute approximate surface area is 172 Å². The van der Waals surface area contributed by atoms with Crippen molar-refractivity contribution in [1.29, 1.82) is 10.5 Å². The second-order valence-corrected chi connectivity index (χ2v) is 8.55. The van der Waals surface area contributed by atoms with Gasteiger partial charge in [0.2, 0.25) is 11.8 Å². The fraction of sp³-hybridized carbons (Fsp3) is 0.400. The second-order valence-electron chi connectivity index (χ2n) is 7.20. The Balaban J connectivity index is 1.75. The fourth-order valence-corrected chi connectivity index (χ4v) is 4.22.